The summed E-state index contributed by atoms with van der Waals surface area (Å²) >= 11 is 0. The average molecular weight is 500 g/mol. The van der Waals surface area contributed by atoms with Gasteiger partial charge in [-0.25, -0.2) is 9.59 Å². The van der Waals surface area contributed by atoms with Crippen LogP contribution >= 0.6 is 0 Å². The van der Waals surface area contributed by atoms with Crippen molar-refractivity contribution in [1.29, 1.82) is 0 Å². The Morgan fingerprint density at radius 2 is 1.67 bits per heavy atom. The molecular formula is C25H29N3O8. The van der Waals surface area contributed by atoms with Gasteiger partial charge in [0, 0.05) is 18.8 Å². The smallest absolute Gasteiger partial charge is 0.344 e. The number of rotatable bonds is 8. The Bertz CT molecular complexity index is 1130. The zero-order valence-corrected chi connectivity index (χ0v) is 20.4. The lowest BCUT2D eigenvalue weighted by molar-refractivity contribution is -0.152. The molecule has 1 fully saturated rings. The number of carbonyl (C=O) groups is 5. The van der Waals surface area contributed by atoms with Crippen LogP contribution in [0.15, 0.2) is 34.7 Å². The van der Waals surface area contributed by atoms with E-state index in [2.05, 4.69) is 10.6 Å². The molecule has 0 unspecified atom stereocenters. The Balaban J connectivity index is 1.51. The number of benzene rings is 1. The van der Waals surface area contributed by atoms with Gasteiger partial charge in [0.1, 0.15) is 11.3 Å². The van der Waals surface area contributed by atoms with Crippen molar-refractivity contribution in [2.45, 2.75) is 33.6 Å². The fourth-order valence-electron chi connectivity index (χ4n) is 3.91. The first-order valence-electron chi connectivity index (χ1n) is 11.6. The number of aryl methyl sites for hydroxylation is 1. The number of nitrogens with one attached hydrogen (secondary N) is 2. The van der Waals surface area contributed by atoms with E-state index in [0.717, 1.165) is 0 Å². The maximum absolute atomic E-state index is 12.5. The van der Waals surface area contributed by atoms with Crippen molar-refractivity contribution < 1.29 is 37.9 Å². The van der Waals surface area contributed by atoms with Gasteiger partial charge < -0.3 is 24.1 Å². The van der Waals surface area contributed by atoms with Gasteiger partial charge in [-0.3, -0.25) is 19.7 Å². The molecule has 3 amide bonds. The molecule has 192 valence electrons. The highest BCUT2D eigenvalue weighted by molar-refractivity contribution is 6.10. The Kier molecular flexibility index (Phi) is 8.82. The molecule has 0 saturated carbocycles. The van der Waals surface area contributed by atoms with E-state index in [1.54, 1.807) is 24.0 Å². The number of amides is 3. The predicted octanol–water partition coefficient (Wildman–Crippen LogP) is 3.39. The minimum absolute atomic E-state index is 0.0174. The number of Topliss-reactive ketones (excluding diaryl/α,β-unsaturated/α-hetero) is 1. The quantitative estimate of drug-likeness (QED) is 0.415. The number of piperidine rings is 1. The van der Waals surface area contributed by atoms with Gasteiger partial charge in [-0.15, -0.1) is 0 Å². The second-order valence-electron chi connectivity index (χ2n) is 8.23. The second-order valence-corrected chi connectivity index (χ2v) is 8.23. The van der Waals surface area contributed by atoms with Gasteiger partial charge in [-0.2, -0.15) is 0 Å². The highest BCUT2D eigenvalue weighted by Gasteiger charge is 2.31. The molecule has 36 heavy (non-hydrogen) atoms. The van der Waals surface area contributed by atoms with Crippen molar-refractivity contribution in [3.63, 3.8) is 0 Å². The Hall–Kier alpha value is -4.15. The van der Waals surface area contributed by atoms with E-state index in [1.165, 1.54) is 13.8 Å². The number of hydrogen-bond acceptors (Lipinski definition) is 8. The van der Waals surface area contributed by atoms with Crippen molar-refractivity contribution in [2.75, 3.05) is 36.9 Å². The largest absolute Gasteiger partial charge is 0.462 e. The van der Waals surface area contributed by atoms with Crippen LogP contribution in [0.2, 0.25) is 0 Å². The van der Waals surface area contributed by atoms with Crippen LogP contribution in [-0.2, 0) is 19.1 Å². The number of ketones is 1. The zero-order valence-electron chi connectivity index (χ0n) is 20.4. The van der Waals surface area contributed by atoms with Crippen LogP contribution in [0.5, 0.6) is 0 Å². The molecule has 0 spiro atoms. The maximum Gasteiger partial charge on any atom is 0.344 e. The van der Waals surface area contributed by atoms with E-state index in [9.17, 15) is 24.0 Å². The van der Waals surface area contributed by atoms with Crippen molar-refractivity contribution in [2.24, 2.45) is 5.92 Å². The van der Waals surface area contributed by atoms with Crippen LogP contribution in [0.4, 0.5) is 16.4 Å². The third-order valence-electron chi connectivity index (χ3n) is 5.65. The number of esters is 2. The molecule has 2 aromatic rings. The molecular weight excluding hydrogens is 470 g/mol. The molecule has 0 atom stereocenters. The molecule has 11 nitrogen and oxygen atoms in total. The summed E-state index contributed by atoms with van der Waals surface area (Å²) in [7, 11) is 0. The lowest BCUT2D eigenvalue weighted by Crippen LogP contribution is -2.43. The molecule has 1 saturated heterocycles. The van der Waals surface area contributed by atoms with E-state index < -0.39 is 36.2 Å². The van der Waals surface area contributed by atoms with Crippen molar-refractivity contribution in [1.82, 2.24) is 4.90 Å². The molecule has 11 heteroatoms. The summed E-state index contributed by atoms with van der Waals surface area (Å²) in [5.41, 5.74) is 0.523. The summed E-state index contributed by atoms with van der Waals surface area (Å²) in [6.45, 7) is 4.56. The summed E-state index contributed by atoms with van der Waals surface area (Å²) in [5, 5.41) is 5.18. The Labute approximate surface area is 208 Å². The van der Waals surface area contributed by atoms with Crippen molar-refractivity contribution >= 4 is 41.2 Å². The molecule has 1 aliphatic heterocycles. The highest BCUT2D eigenvalue weighted by Crippen LogP contribution is 2.28. The summed E-state index contributed by atoms with van der Waals surface area (Å²) in [5.74, 6) is -3.07. The zero-order chi connectivity index (χ0) is 26.2. The summed E-state index contributed by atoms with van der Waals surface area (Å²) in [4.78, 5) is 63.2. The first-order chi connectivity index (χ1) is 17.2. The van der Waals surface area contributed by atoms with Crippen LogP contribution in [0.3, 0.4) is 0 Å². The third-order valence-corrected chi connectivity index (χ3v) is 5.65. The number of carbonyl (C=O) groups excluding carboxylic acids is 5. The van der Waals surface area contributed by atoms with Gasteiger partial charge in [-0.1, -0.05) is 18.2 Å². The highest BCUT2D eigenvalue weighted by atomic mass is 16.5. The normalized spacial score (nSPS) is 13.6. The minimum atomic E-state index is -0.810. The summed E-state index contributed by atoms with van der Waals surface area (Å²) < 4.78 is 15.5. The molecule has 0 aliphatic carbocycles. The lowest BCUT2D eigenvalue weighted by Gasteiger charge is -2.30. The SMILES string of the molecule is CCOC(=O)c1c(NC(=O)COC(=O)C2CCN(C(=O)Nc3ccccc3)CC2)oc(C)c1C(C)=O. The number of hydrogen-bond donors (Lipinski definition) is 2. The molecule has 2 N–H and O–H groups in total. The number of urea groups is 1. The topological polar surface area (TPSA) is 144 Å². The monoisotopic (exact) mass is 499 g/mol. The molecule has 2 heterocycles. The van der Waals surface area contributed by atoms with Crippen molar-refractivity contribution in [3.8, 4) is 0 Å². The number of ether oxygens (including phenoxy) is 2. The standard InChI is InChI=1S/C25H29N3O8/c1-4-34-24(32)21-20(15(2)29)16(3)36-22(21)27-19(30)14-35-23(31)17-10-12-28(13-11-17)25(33)26-18-8-6-5-7-9-18/h5-9,17H,4,10-14H2,1-3H3,(H,26,33)(H,27,30). The van der Waals surface area contributed by atoms with E-state index in [-0.39, 0.29) is 35.4 Å². The maximum atomic E-state index is 12.5. The number of likely N-dealkylation sites (tertiary alicyclic amines) is 1. The van der Waals surface area contributed by atoms with Crippen LogP contribution in [0, 0.1) is 12.8 Å². The minimum Gasteiger partial charge on any atom is -0.462 e. The molecule has 1 aliphatic rings. The van der Waals surface area contributed by atoms with Crippen LogP contribution in [0.1, 0.15) is 53.2 Å². The first kappa shape index (κ1) is 26.5. The summed E-state index contributed by atoms with van der Waals surface area (Å²) in [6.07, 6.45) is 0.796. The van der Waals surface area contributed by atoms with Crippen molar-refractivity contribution in [3.05, 3.63) is 47.2 Å². The lowest BCUT2D eigenvalue weighted by atomic mass is 9.97. The van der Waals surface area contributed by atoms with Crippen LogP contribution < -0.4 is 10.6 Å². The van der Waals surface area contributed by atoms with E-state index in [0.29, 0.717) is 31.6 Å². The van der Waals surface area contributed by atoms with Crippen LogP contribution in [-0.4, -0.2) is 60.9 Å². The third kappa shape index (κ3) is 6.49. The molecule has 3 rings (SSSR count). The predicted molar refractivity (Wildman–Crippen MR) is 129 cm³/mol. The number of nitrogens with zero attached hydrogens (tertiary/aromatic N) is 1. The average Bonchev–Trinajstić information content (AvgIpc) is 3.19. The molecule has 0 radical (unpaired) electrons. The summed E-state index contributed by atoms with van der Waals surface area (Å²) in [6, 6.07) is 8.82. The van der Waals surface area contributed by atoms with Gasteiger partial charge in [0.05, 0.1) is 18.1 Å². The Morgan fingerprint density at radius 1 is 1.00 bits per heavy atom. The van der Waals surface area contributed by atoms with Crippen LogP contribution in [0.25, 0.3) is 0 Å². The van der Waals surface area contributed by atoms with Gasteiger partial charge >= 0.3 is 18.0 Å². The second kappa shape index (κ2) is 12.0. The van der Waals surface area contributed by atoms with E-state index in [1.807, 2.05) is 18.2 Å². The first-order valence-corrected chi connectivity index (χ1v) is 11.6. The van der Waals surface area contributed by atoms with Gasteiger partial charge in [0.15, 0.2) is 12.4 Å². The van der Waals surface area contributed by atoms with Gasteiger partial charge in [-0.05, 0) is 45.7 Å². The fourth-order valence-corrected chi connectivity index (χ4v) is 3.91. The molecule has 1 aromatic heterocycles. The number of anilines is 2. The van der Waals surface area contributed by atoms with E-state index in [4.69, 9.17) is 13.9 Å². The number of furan rings is 1. The van der Waals surface area contributed by atoms with Gasteiger partial charge in [0.2, 0.25) is 5.88 Å². The molecule has 1 aromatic carbocycles. The Morgan fingerprint density at radius 3 is 2.28 bits per heavy atom. The number of para-hydroxylation sites is 1. The fraction of sp³-hybridized carbons (Fsp3) is 0.400. The van der Waals surface area contributed by atoms with Gasteiger partial charge in [0.25, 0.3) is 5.91 Å². The molecule has 0 bridgehead atoms. The van der Waals surface area contributed by atoms with E-state index >= 15 is 0 Å².